The topological polar surface area (TPSA) is 29.3 Å². The smallest absolute Gasteiger partial charge is 0.0464 e. The van der Waals surface area contributed by atoms with Crippen LogP contribution in [0.15, 0.2) is 22.7 Å². The average Bonchev–Trinajstić information content (AvgIpc) is 2.32. The zero-order valence-electron chi connectivity index (χ0n) is 10.9. The summed E-state index contributed by atoms with van der Waals surface area (Å²) in [6.07, 6.45) is 1.07. The van der Waals surface area contributed by atoms with E-state index in [4.69, 9.17) is 17.3 Å². The van der Waals surface area contributed by atoms with Crippen LogP contribution in [0.4, 0.5) is 0 Å². The van der Waals surface area contributed by atoms with Gasteiger partial charge < -0.3 is 5.73 Å². The Balaban J connectivity index is 2.13. The molecule has 2 nitrogen and oxygen atoms in total. The monoisotopic (exact) mass is 330 g/mol. The van der Waals surface area contributed by atoms with Crippen molar-refractivity contribution in [1.82, 2.24) is 4.90 Å². The number of nitrogens with zero attached hydrogens (tertiary/aromatic N) is 1. The number of hydrogen-bond acceptors (Lipinski definition) is 2. The number of piperidine rings is 1. The lowest BCUT2D eigenvalue weighted by Crippen LogP contribution is -2.46. The molecular weight excluding hydrogens is 312 g/mol. The number of rotatable bonds is 2. The Bertz CT molecular complexity index is 424. The zero-order valence-corrected chi connectivity index (χ0v) is 13.2. The maximum atomic E-state index is 6.33. The van der Waals surface area contributed by atoms with Crippen LogP contribution in [-0.2, 0) is 0 Å². The Hall–Kier alpha value is -0.0900. The normalized spacial score (nSPS) is 27.2. The van der Waals surface area contributed by atoms with E-state index < -0.39 is 0 Å². The van der Waals surface area contributed by atoms with Gasteiger partial charge in [-0.05, 0) is 37.0 Å². The highest BCUT2D eigenvalue weighted by molar-refractivity contribution is 9.10. The van der Waals surface area contributed by atoms with Crippen molar-refractivity contribution in [2.75, 3.05) is 13.1 Å². The summed E-state index contributed by atoms with van der Waals surface area (Å²) in [6.45, 7) is 6.55. The number of halogens is 2. The van der Waals surface area contributed by atoms with E-state index in [0.717, 1.165) is 29.0 Å². The third-order valence-electron chi connectivity index (χ3n) is 3.96. The summed E-state index contributed by atoms with van der Waals surface area (Å²) in [5, 5.41) is 0.833. The SMILES string of the molecule is CC1CN(C(C)c2ccc(Br)cc2Cl)CCC1N. The molecule has 0 bridgehead atoms. The number of nitrogens with two attached hydrogens (primary N) is 1. The van der Waals surface area contributed by atoms with Crippen molar-refractivity contribution in [3.8, 4) is 0 Å². The first-order valence-corrected chi connectivity index (χ1v) is 7.60. The Morgan fingerprint density at radius 3 is 2.83 bits per heavy atom. The van der Waals surface area contributed by atoms with E-state index in [1.807, 2.05) is 6.07 Å². The molecular formula is C14H20BrClN2. The van der Waals surface area contributed by atoms with E-state index in [0.29, 0.717) is 18.0 Å². The Labute approximate surface area is 123 Å². The fraction of sp³-hybridized carbons (Fsp3) is 0.571. The van der Waals surface area contributed by atoms with Gasteiger partial charge in [-0.1, -0.05) is 40.5 Å². The van der Waals surface area contributed by atoms with Crippen molar-refractivity contribution in [1.29, 1.82) is 0 Å². The lowest BCUT2D eigenvalue weighted by atomic mass is 9.92. The van der Waals surface area contributed by atoms with E-state index in [1.54, 1.807) is 0 Å². The van der Waals surface area contributed by atoms with Crippen molar-refractivity contribution in [3.63, 3.8) is 0 Å². The molecule has 0 saturated carbocycles. The van der Waals surface area contributed by atoms with Gasteiger partial charge in [-0.15, -0.1) is 0 Å². The fourth-order valence-electron chi connectivity index (χ4n) is 2.58. The molecule has 3 atom stereocenters. The van der Waals surface area contributed by atoms with Gasteiger partial charge in [-0.2, -0.15) is 0 Å². The third kappa shape index (κ3) is 3.08. The van der Waals surface area contributed by atoms with Gasteiger partial charge in [0.1, 0.15) is 0 Å². The van der Waals surface area contributed by atoms with Crippen LogP contribution in [0.3, 0.4) is 0 Å². The maximum Gasteiger partial charge on any atom is 0.0464 e. The Morgan fingerprint density at radius 2 is 2.22 bits per heavy atom. The molecule has 0 amide bonds. The van der Waals surface area contributed by atoms with Gasteiger partial charge in [-0.25, -0.2) is 0 Å². The average molecular weight is 332 g/mol. The van der Waals surface area contributed by atoms with Gasteiger partial charge in [0.25, 0.3) is 0 Å². The summed E-state index contributed by atoms with van der Waals surface area (Å²) in [5.41, 5.74) is 7.27. The minimum Gasteiger partial charge on any atom is -0.327 e. The molecule has 0 aromatic heterocycles. The first-order chi connectivity index (χ1) is 8.49. The number of benzene rings is 1. The molecule has 4 heteroatoms. The molecule has 1 aromatic rings. The summed E-state index contributed by atoms with van der Waals surface area (Å²) in [7, 11) is 0. The van der Waals surface area contributed by atoms with Crippen molar-refractivity contribution >= 4 is 27.5 Å². The van der Waals surface area contributed by atoms with Gasteiger partial charge >= 0.3 is 0 Å². The van der Waals surface area contributed by atoms with Crippen molar-refractivity contribution in [3.05, 3.63) is 33.3 Å². The number of likely N-dealkylation sites (tertiary alicyclic amines) is 1. The first-order valence-electron chi connectivity index (χ1n) is 6.43. The first kappa shape index (κ1) is 14.3. The molecule has 100 valence electrons. The summed E-state index contributed by atoms with van der Waals surface area (Å²) in [4.78, 5) is 2.48. The van der Waals surface area contributed by atoms with E-state index >= 15 is 0 Å². The second-order valence-electron chi connectivity index (χ2n) is 5.27. The molecule has 0 spiro atoms. The molecule has 1 aliphatic heterocycles. The second-order valence-corrected chi connectivity index (χ2v) is 6.59. The molecule has 18 heavy (non-hydrogen) atoms. The maximum absolute atomic E-state index is 6.33. The van der Waals surface area contributed by atoms with E-state index in [2.05, 4.69) is 46.8 Å². The second kappa shape index (κ2) is 5.91. The van der Waals surface area contributed by atoms with E-state index in [9.17, 15) is 0 Å². The van der Waals surface area contributed by atoms with Crippen LogP contribution in [0, 0.1) is 5.92 Å². The highest BCUT2D eigenvalue weighted by Crippen LogP contribution is 2.32. The third-order valence-corrected chi connectivity index (χ3v) is 4.78. The summed E-state index contributed by atoms with van der Waals surface area (Å²) in [6, 6.07) is 6.81. The van der Waals surface area contributed by atoms with Crippen LogP contribution >= 0.6 is 27.5 Å². The fourth-order valence-corrected chi connectivity index (χ4v) is 3.42. The van der Waals surface area contributed by atoms with E-state index in [1.165, 1.54) is 5.56 Å². The molecule has 1 aliphatic rings. The van der Waals surface area contributed by atoms with Crippen LogP contribution in [0.5, 0.6) is 0 Å². The Kier molecular flexibility index (Phi) is 4.70. The van der Waals surface area contributed by atoms with Crippen LogP contribution in [0.1, 0.15) is 31.9 Å². The van der Waals surface area contributed by atoms with Crippen LogP contribution in [0.25, 0.3) is 0 Å². The lowest BCUT2D eigenvalue weighted by molar-refractivity contribution is 0.124. The van der Waals surface area contributed by atoms with Gasteiger partial charge in [0.05, 0.1) is 0 Å². The zero-order chi connectivity index (χ0) is 13.3. The largest absolute Gasteiger partial charge is 0.327 e. The molecule has 3 unspecified atom stereocenters. The van der Waals surface area contributed by atoms with Crippen molar-refractivity contribution in [2.24, 2.45) is 11.7 Å². The molecule has 1 aromatic carbocycles. The molecule has 0 aliphatic carbocycles. The molecule has 1 fully saturated rings. The van der Waals surface area contributed by atoms with E-state index in [-0.39, 0.29) is 0 Å². The van der Waals surface area contributed by atoms with Gasteiger partial charge in [-0.3, -0.25) is 4.90 Å². The standard InChI is InChI=1S/C14H20BrClN2/c1-9-8-18(6-5-14(9)17)10(2)12-4-3-11(15)7-13(12)16/h3-4,7,9-10,14H,5-6,8,17H2,1-2H3. The Morgan fingerprint density at radius 1 is 1.50 bits per heavy atom. The van der Waals surface area contributed by atoms with Gasteiger partial charge in [0, 0.05) is 34.7 Å². The van der Waals surface area contributed by atoms with Crippen LogP contribution in [-0.4, -0.2) is 24.0 Å². The quantitative estimate of drug-likeness (QED) is 0.892. The van der Waals surface area contributed by atoms with Crippen LogP contribution in [0.2, 0.25) is 5.02 Å². The van der Waals surface area contributed by atoms with Crippen LogP contribution < -0.4 is 5.73 Å². The predicted octanol–water partition coefficient (Wildman–Crippen LogP) is 3.83. The minimum atomic E-state index is 0.342. The highest BCUT2D eigenvalue weighted by atomic mass is 79.9. The minimum absolute atomic E-state index is 0.342. The molecule has 2 N–H and O–H groups in total. The molecule has 1 heterocycles. The van der Waals surface area contributed by atoms with Gasteiger partial charge in [0.2, 0.25) is 0 Å². The lowest BCUT2D eigenvalue weighted by Gasteiger charge is -2.39. The summed E-state index contributed by atoms with van der Waals surface area (Å²) in [5.74, 6) is 0.551. The highest BCUT2D eigenvalue weighted by Gasteiger charge is 2.27. The number of hydrogen-bond donors (Lipinski definition) is 1. The van der Waals surface area contributed by atoms with Gasteiger partial charge in [0.15, 0.2) is 0 Å². The summed E-state index contributed by atoms with van der Waals surface area (Å²) >= 11 is 9.77. The molecule has 2 rings (SSSR count). The molecule has 0 radical (unpaired) electrons. The molecule has 1 saturated heterocycles. The van der Waals surface area contributed by atoms with Crippen molar-refractivity contribution in [2.45, 2.75) is 32.4 Å². The van der Waals surface area contributed by atoms with Crippen molar-refractivity contribution < 1.29 is 0 Å². The summed E-state index contributed by atoms with van der Waals surface area (Å²) < 4.78 is 1.03. The predicted molar refractivity (Wildman–Crippen MR) is 80.9 cm³/mol.